The third kappa shape index (κ3) is 2.43. The molecule has 0 heterocycles. The van der Waals surface area contributed by atoms with Crippen LogP contribution in [-0.2, 0) is 0 Å². The lowest BCUT2D eigenvalue weighted by atomic mass is 9.78. The molecule has 0 aromatic heterocycles. The van der Waals surface area contributed by atoms with Gasteiger partial charge in [0.25, 0.3) is 0 Å². The number of aliphatic hydroxyl groups is 1. The molecule has 3 atom stereocenters. The summed E-state index contributed by atoms with van der Waals surface area (Å²) in [6.45, 7) is 5.76. The maximum atomic E-state index is 9.88. The van der Waals surface area contributed by atoms with Gasteiger partial charge in [-0.05, 0) is 44.6 Å². The van der Waals surface area contributed by atoms with Gasteiger partial charge in [0.05, 0.1) is 6.10 Å². The molecule has 2 aliphatic carbocycles. The number of hydrogen-bond donors (Lipinski definition) is 1. The summed E-state index contributed by atoms with van der Waals surface area (Å²) in [5.74, 6) is 0.823. The smallest absolute Gasteiger partial charge is 0.0555 e. The van der Waals surface area contributed by atoms with Crippen LogP contribution in [0.25, 0.3) is 0 Å². The highest BCUT2D eigenvalue weighted by atomic mass is 16.3. The van der Waals surface area contributed by atoms with Crippen LogP contribution in [0.3, 0.4) is 0 Å². The second-order valence-corrected chi connectivity index (χ2v) is 5.62. The van der Waals surface area contributed by atoms with Crippen molar-refractivity contribution in [2.24, 2.45) is 5.92 Å². The maximum absolute atomic E-state index is 9.88. The van der Waals surface area contributed by atoms with Gasteiger partial charge in [-0.25, -0.2) is 0 Å². The van der Waals surface area contributed by atoms with E-state index in [9.17, 15) is 5.11 Å². The second-order valence-electron chi connectivity index (χ2n) is 5.62. The van der Waals surface area contributed by atoms with Gasteiger partial charge in [-0.1, -0.05) is 26.7 Å². The minimum absolute atomic E-state index is 0.0399. The van der Waals surface area contributed by atoms with Crippen LogP contribution in [0.2, 0.25) is 0 Å². The van der Waals surface area contributed by atoms with Gasteiger partial charge in [0, 0.05) is 12.1 Å². The van der Waals surface area contributed by atoms with Crippen molar-refractivity contribution in [1.29, 1.82) is 0 Å². The van der Waals surface area contributed by atoms with E-state index in [4.69, 9.17) is 0 Å². The van der Waals surface area contributed by atoms with Crippen LogP contribution in [0.4, 0.5) is 0 Å². The average Bonchev–Trinajstić information content (AvgIpc) is 2.23. The van der Waals surface area contributed by atoms with E-state index in [2.05, 4.69) is 18.7 Å². The third-order valence-corrected chi connectivity index (χ3v) is 4.79. The fraction of sp³-hybridized carbons (Fsp3) is 1.00. The van der Waals surface area contributed by atoms with Gasteiger partial charge < -0.3 is 5.11 Å². The fourth-order valence-corrected chi connectivity index (χ4v) is 3.55. The average molecular weight is 225 g/mol. The Morgan fingerprint density at radius 2 is 1.88 bits per heavy atom. The van der Waals surface area contributed by atoms with Crippen molar-refractivity contribution in [2.75, 3.05) is 6.54 Å². The monoisotopic (exact) mass is 225 g/mol. The van der Waals surface area contributed by atoms with Crippen molar-refractivity contribution < 1.29 is 5.11 Å². The zero-order valence-electron chi connectivity index (χ0n) is 10.9. The molecule has 0 spiro atoms. The lowest BCUT2D eigenvalue weighted by molar-refractivity contribution is -0.0101. The standard InChI is InChI=1S/C14H27NO/c1-3-11-8-9-13(16)10-14(11)15(4-2)12-6-5-7-12/h11-14,16H,3-10H2,1-2H3. The molecule has 2 rings (SSSR count). The summed E-state index contributed by atoms with van der Waals surface area (Å²) in [7, 11) is 0. The Kier molecular flexibility index (Phi) is 4.26. The summed E-state index contributed by atoms with van der Waals surface area (Å²) in [6.07, 6.45) is 8.69. The SMILES string of the molecule is CCC1CCC(O)CC1N(CC)C1CCC1. The molecule has 0 saturated heterocycles. The number of aliphatic hydroxyl groups excluding tert-OH is 1. The zero-order chi connectivity index (χ0) is 11.5. The summed E-state index contributed by atoms with van der Waals surface area (Å²) < 4.78 is 0. The van der Waals surface area contributed by atoms with Crippen LogP contribution >= 0.6 is 0 Å². The normalized spacial score (nSPS) is 36.4. The second kappa shape index (κ2) is 5.50. The zero-order valence-corrected chi connectivity index (χ0v) is 10.9. The molecule has 2 aliphatic rings. The third-order valence-electron chi connectivity index (χ3n) is 4.79. The Morgan fingerprint density at radius 3 is 2.38 bits per heavy atom. The summed E-state index contributed by atoms with van der Waals surface area (Å²) in [6, 6.07) is 1.48. The van der Waals surface area contributed by atoms with Gasteiger partial charge in [0.15, 0.2) is 0 Å². The van der Waals surface area contributed by atoms with Crippen molar-refractivity contribution in [3.8, 4) is 0 Å². The largest absolute Gasteiger partial charge is 0.393 e. The molecule has 2 fully saturated rings. The van der Waals surface area contributed by atoms with E-state index in [1.165, 1.54) is 38.6 Å². The lowest BCUT2D eigenvalue weighted by Crippen LogP contribution is -2.52. The summed E-state index contributed by atoms with van der Waals surface area (Å²) in [5, 5.41) is 9.88. The minimum Gasteiger partial charge on any atom is -0.393 e. The van der Waals surface area contributed by atoms with Gasteiger partial charge in [-0.15, -0.1) is 0 Å². The van der Waals surface area contributed by atoms with Crippen molar-refractivity contribution in [2.45, 2.75) is 77.0 Å². The molecule has 3 unspecified atom stereocenters. The topological polar surface area (TPSA) is 23.5 Å². The molecule has 94 valence electrons. The number of hydrogen-bond acceptors (Lipinski definition) is 2. The van der Waals surface area contributed by atoms with E-state index in [-0.39, 0.29) is 6.10 Å². The molecule has 0 aromatic carbocycles. The number of nitrogens with zero attached hydrogens (tertiary/aromatic N) is 1. The minimum atomic E-state index is -0.0399. The molecule has 2 saturated carbocycles. The summed E-state index contributed by atoms with van der Waals surface area (Å²) >= 11 is 0. The van der Waals surface area contributed by atoms with E-state index >= 15 is 0 Å². The molecule has 0 aliphatic heterocycles. The van der Waals surface area contributed by atoms with Crippen molar-refractivity contribution >= 4 is 0 Å². The van der Waals surface area contributed by atoms with Crippen molar-refractivity contribution in [3.63, 3.8) is 0 Å². The summed E-state index contributed by atoms with van der Waals surface area (Å²) in [5.41, 5.74) is 0. The first-order valence-electron chi connectivity index (χ1n) is 7.20. The number of rotatable bonds is 4. The molecule has 0 aromatic rings. The Morgan fingerprint density at radius 1 is 1.12 bits per heavy atom. The van der Waals surface area contributed by atoms with E-state index in [1.807, 2.05) is 0 Å². The van der Waals surface area contributed by atoms with Gasteiger partial charge >= 0.3 is 0 Å². The Bertz CT molecular complexity index is 215. The molecule has 0 amide bonds. The fourth-order valence-electron chi connectivity index (χ4n) is 3.55. The highest BCUT2D eigenvalue weighted by Crippen LogP contribution is 2.35. The quantitative estimate of drug-likeness (QED) is 0.795. The van der Waals surface area contributed by atoms with Crippen LogP contribution in [0.5, 0.6) is 0 Å². The van der Waals surface area contributed by atoms with E-state index in [0.29, 0.717) is 6.04 Å². The Labute approximate surface area is 100 Å². The molecule has 0 radical (unpaired) electrons. The predicted molar refractivity (Wildman–Crippen MR) is 67.4 cm³/mol. The van der Waals surface area contributed by atoms with E-state index < -0.39 is 0 Å². The van der Waals surface area contributed by atoms with Crippen LogP contribution < -0.4 is 0 Å². The first-order chi connectivity index (χ1) is 7.76. The van der Waals surface area contributed by atoms with Crippen LogP contribution in [0.1, 0.15) is 58.8 Å². The molecule has 2 nitrogen and oxygen atoms in total. The lowest BCUT2D eigenvalue weighted by Gasteiger charge is -2.47. The van der Waals surface area contributed by atoms with Gasteiger partial charge in [0.1, 0.15) is 0 Å². The van der Waals surface area contributed by atoms with Crippen LogP contribution in [0.15, 0.2) is 0 Å². The summed E-state index contributed by atoms with van der Waals surface area (Å²) in [4.78, 5) is 2.69. The van der Waals surface area contributed by atoms with E-state index in [0.717, 1.165) is 24.8 Å². The molecular weight excluding hydrogens is 198 g/mol. The maximum Gasteiger partial charge on any atom is 0.0555 e. The van der Waals surface area contributed by atoms with Gasteiger partial charge in [0.2, 0.25) is 0 Å². The molecule has 2 heteroatoms. The van der Waals surface area contributed by atoms with Gasteiger partial charge in [-0.3, -0.25) is 4.90 Å². The van der Waals surface area contributed by atoms with Crippen molar-refractivity contribution in [3.05, 3.63) is 0 Å². The van der Waals surface area contributed by atoms with Crippen LogP contribution in [-0.4, -0.2) is 34.7 Å². The molecule has 16 heavy (non-hydrogen) atoms. The van der Waals surface area contributed by atoms with E-state index in [1.54, 1.807) is 0 Å². The highest BCUT2D eigenvalue weighted by Gasteiger charge is 2.36. The Balaban J connectivity index is 2.01. The van der Waals surface area contributed by atoms with Crippen molar-refractivity contribution in [1.82, 2.24) is 4.90 Å². The predicted octanol–water partition coefficient (Wildman–Crippen LogP) is 2.80. The Hall–Kier alpha value is -0.0800. The van der Waals surface area contributed by atoms with Crippen LogP contribution in [0, 0.1) is 5.92 Å². The first kappa shape index (κ1) is 12.4. The molecule has 0 bridgehead atoms. The first-order valence-corrected chi connectivity index (χ1v) is 7.20. The molecule has 1 N–H and O–H groups in total. The van der Waals surface area contributed by atoms with Gasteiger partial charge in [-0.2, -0.15) is 0 Å². The molecular formula is C14H27NO. The highest BCUT2D eigenvalue weighted by molar-refractivity contribution is 4.91.